The number of carbonyl (C=O) groups is 2. The van der Waals surface area contributed by atoms with Crippen LogP contribution < -0.4 is 5.32 Å². The van der Waals surface area contributed by atoms with Crippen LogP contribution in [0.25, 0.3) is 0 Å². The second-order valence-corrected chi connectivity index (χ2v) is 8.81. The summed E-state index contributed by atoms with van der Waals surface area (Å²) in [5, 5.41) is 2.73. The first kappa shape index (κ1) is 22.4. The van der Waals surface area contributed by atoms with Gasteiger partial charge in [-0.25, -0.2) is 9.18 Å². The molecule has 0 unspecified atom stereocenters. The van der Waals surface area contributed by atoms with E-state index >= 15 is 0 Å². The van der Waals surface area contributed by atoms with E-state index in [1.54, 1.807) is 20.8 Å². The first-order valence-electron chi connectivity index (χ1n) is 9.41. The molecular weight excluding hydrogens is 427 g/mol. The Morgan fingerprint density at radius 1 is 1.32 bits per heavy atom. The summed E-state index contributed by atoms with van der Waals surface area (Å²) >= 11 is 3.41. The van der Waals surface area contributed by atoms with Crippen molar-refractivity contribution >= 4 is 27.9 Å². The third-order valence-electron chi connectivity index (χ3n) is 4.39. The molecule has 0 aromatic heterocycles. The Balaban J connectivity index is 2.34. The summed E-state index contributed by atoms with van der Waals surface area (Å²) < 4.78 is 19.9. The van der Waals surface area contributed by atoms with Gasteiger partial charge in [0.1, 0.15) is 17.8 Å². The Hall–Kier alpha value is -1.89. The highest BCUT2D eigenvalue weighted by atomic mass is 79.9. The average Bonchev–Trinajstić information content (AvgIpc) is 3.03. The summed E-state index contributed by atoms with van der Waals surface area (Å²) in [5.74, 6) is -0.714. The van der Waals surface area contributed by atoms with Crippen molar-refractivity contribution in [2.24, 2.45) is 0 Å². The molecule has 2 amide bonds. The molecule has 1 saturated heterocycles. The van der Waals surface area contributed by atoms with Crippen LogP contribution in [0.15, 0.2) is 40.9 Å². The van der Waals surface area contributed by atoms with Crippen molar-refractivity contribution in [2.45, 2.75) is 57.8 Å². The molecule has 0 spiro atoms. The smallest absolute Gasteiger partial charge is 0.408 e. The molecule has 3 atom stereocenters. The van der Waals surface area contributed by atoms with E-state index in [0.717, 1.165) is 10.0 Å². The number of allylic oxidation sites excluding steroid dienone is 1. The van der Waals surface area contributed by atoms with Gasteiger partial charge in [-0.15, -0.1) is 0 Å². The van der Waals surface area contributed by atoms with Crippen molar-refractivity contribution in [3.8, 4) is 0 Å². The zero-order valence-electron chi connectivity index (χ0n) is 16.7. The van der Waals surface area contributed by atoms with Gasteiger partial charge in [0, 0.05) is 16.9 Å². The largest absolute Gasteiger partial charge is 0.444 e. The fraction of sp³-hybridized carbons (Fsp3) is 0.524. The van der Waals surface area contributed by atoms with Gasteiger partial charge in [-0.1, -0.05) is 40.2 Å². The van der Waals surface area contributed by atoms with E-state index in [2.05, 4.69) is 21.2 Å². The number of halogens is 2. The van der Waals surface area contributed by atoms with E-state index in [-0.39, 0.29) is 12.5 Å². The lowest BCUT2D eigenvalue weighted by Crippen LogP contribution is -2.51. The maximum absolute atomic E-state index is 13.7. The molecule has 1 aromatic rings. The molecule has 154 valence electrons. The van der Waals surface area contributed by atoms with Crippen LogP contribution in [0.3, 0.4) is 0 Å². The summed E-state index contributed by atoms with van der Waals surface area (Å²) in [6, 6.07) is 6.67. The van der Waals surface area contributed by atoms with Gasteiger partial charge in [-0.3, -0.25) is 4.79 Å². The fourth-order valence-corrected chi connectivity index (χ4v) is 3.43. The van der Waals surface area contributed by atoms with E-state index < -0.39 is 29.8 Å². The zero-order valence-corrected chi connectivity index (χ0v) is 18.3. The van der Waals surface area contributed by atoms with Crippen molar-refractivity contribution in [3.05, 3.63) is 46.5 Å². The van der Waals surface area contributed by atoms with E-state index in [1.165, 1.54) is 4.90 Å². The van der Waals surface area contributed by atoms with Crippen molar-refractivity contribution < 1.29 is 18.7 Å². The normalized spacial score (nSPS) is 19.5. The number of alkyl carbamates (subject to hydrolysis) is 1. The van der Waals surface area contributed by atoms with Gasteiger partial charge in [-0.05, 0) is 51.8 Å². The Morgan fingerprint density at radius 3 is 2.46 bits per heavy atom. The first-order chi connectivity index (χ1) is 13.1. The van der Waals surface area contributed by atoms with Gasteiger partial charge in [0.05, 0.1) is 6.54 Å². The van der Waals surface area contributed by atoms with Gasteiger partial charge < -0.3 is 15.0 Å². The molecule has 1 aliphatic heterocycles. The summed E-state index contributed by atoms with van der Waals surface area (Å²) in [6.45, 7) is 7.53. The quantitative estimate of drug-likeness (QED) is 0.662. The summed E-state index contributed by atoms with van der Waals surface area (Å²) in [5.41, 5.74) is 0.176. The molecule has 1 N–H and O–H groups in total. The number of hydrogen-bond donors (Lipinski definition) is 1. The minimum atomic E-state index is -1.03. The SMILES string of the molecule is C/C=C/[C@@H](c1ccc(Br)cc1)[C@H](NC(=O)OC(C)(C)C)C(=O)N1CC[C@H](F)C1. The number of carbonyl (C=O) groups excluding carboxylic acids is 2. The van der Waals surface area contributed by atoms with Crippen LogP contribution in [0.2, 0.25) is 0 Å². The molecule has 0 bridgehead atoms. The molecule has 1 fully saturated rings. The summed E-state index contributed by atoms with van der Waals surface area (Å²) in [4.78, 5) is 27.1. The number of ether oxygens (including phenoxy) is 1. The number of nitrogens with one attached hydrogen (secondary N) is 1. The second kappa shape index (κ2) is 9.54. The topological polar surface area (TPSA) is 58.6 Å². The highest BCUT2D eigenvalue weighted by Crippen LogP contribution is 2.27. The molecule has 0 aliphatic carbocycles. The average molecular weight is 455 g/mol. The number of hydrogen-bond acceptors (Lipinski definition) is 3. The lowest BCUT2D eigenvalue weighted by atomic mass is 9.90. The Labute approximate surface area is 174 Å². The standard InChI is InChI=1S/C21H28BrFN2O3/c1-5-6-17(14-7-9-15(22)10-8-14)18(24-20(27)28-21(2,3)4)19(26)25-12-11-16(23)13-25/h5-10,16-18H,11-13H2,1-4H3,(H,24,27)/b6-5+/t16-,17-,18-/m0/s1. The van der Waals surface area contributed by atoms with E-state index in [0.29, 0.717) is 13.0 Å². The number of alkyl halides is 1. The van der Waals surface area contributed by atoms with Crippen molar-refractivity contribution in [1.29, 1.82) is 0 Å². The first-order valence-corrected chi connectivity index (χ1v) is 10.2. The van der Waals surface area contributed by atoms with Crippen LogP contribution in [-0.2, 0) is 9.53 Å². The lowest BCUT2D eigenvalue weighted by molar-refractivity contribution is -0.132. The molecule has 1 aliphatic rings. The van der Waals surface area contributed by atoms with Gasteiger partial charge in [0.25, 0.3) is 0 Å². The van der Waals surface area contributed by atoms with E-state index in [4.69, 9.17) is 4.74 Å². The Morgan fingerprint density at radius 2 is 1.96 bits per heavy atom. The van der Waals surface area contributed by atoms with Crippen molar-refractivity contribution in [1.82, 2.24) is 10.2 Å². The molecule has 0 radical (unpaired) electrons. The minimum absolute atomic E-state index is 0.0498. The van der Waals surface area contributed by atoms with Gasteiger partial charge in [-0.2, -0.15) is 0 Å². The number of amides is 2. The van der Waals surface area contributed by atoms with Crippen LogP contribution >= 0.6 is 15.9 Å². The predicted octanol–water partition coefficient (Wildman–Crippen LogP) is 4.57. The monoisotopic (exact) mass is 454 g/mol. The Kier molecular flexibility index (Phi) is 7.63. The molecule has 1 aromatic carbocycles. The fourth-order valence-electron chi connectivity index (χ4n) is 3.16. The van der Waals surface area contributed by atoms with Crippen LogP contribution in [-0.4, -0.2) is 47.8 Å². The van der Waals surface area contributed by atoms with Crippen LogP contribution in [0.5, 0.6) is 0 Å². The highest BCUT2D eigenvalue weighted by Gasteiger charge is 2.37. The molecule has 7 heteroatoms. The maximum atomic E-state index is 13.7. The van der Waals surface area contributed by atoms with Crippen LogP contribution in [0, 0.1) is 0 Å². The van der Waals surface area contributed by atoms with E-state index in [1.807, 2.05) is 43.3 Å². The van der Waals surface area contributed by atoms with Crippen LogP contribution in [0.1, 0.15) is 45.6 Å². The summed E-state index contributed by atoms with van der Waals surface area (Å²) in [7, 11) is 0. The summed E-state index contributed by atoms with van der Waals surface area (Å²) in [6.07, 6.45) is 2.32. The Bertz CT molecular complexity index is 715. The zero-order chi connectivity index (χ0) is 20.9. The van der Waals surface area contributed by atoms with Crippen molar-refractivity contribution in [2.75, 3.05) is 13.1 Å². The van der Waals surface area contributed by atoms with Gasteiger partial charge in [0.2, 0.25) is 5.91 Å². The maximum Gasteiger partial charge on any atom is 0.408 e. The number of rotatable bonds is 5. The predicted molar refractivity (Wildman–Crippen MR) is 111 cm³/mol. The lowest BCUT2D eigenvalue weighted by Gasteiger charge is -2.30. The highest BCUT2D eigenvalue weighted by molar-refractivity contribution is 9.10. The minimum Gasteiger partial charge on any atom is -0.444 e. The molecule has 5 nitrogen and oxygen atoms in total. The number of nitrogens with zero attached hydrogens (tertiary/aromatic N) is 1. The number of likely N-dealkylation sites (tertiary alicyclic amines) is 1. The van der Waals surface area contributed by atoms with Crippen molar-refractivity contribution in [3.63, 3.8) is 0 Å². The molecule has 2 rings (SSSR count). The molecule has 0 saturated carbocycles. The molecule has 28 heavy (non-hydrogen) atoms. The van der Waals surface area contributed by atoms with E-state index in [9.17, 15) is 14.0 Å². The second-order valence-electron chi connectivity index (χ2n) is 7.90. The number of benzene rings is 1. The molecular formula is C21H28BrFN2O3. The molecule has 1 heterocycles. The van der Waals surface area contributed by atoms with Gasteiger partial charge in [0.15, 0.2) is 0 Å². The third-order valence-corrected chi connectivity index (χ3v) is 4.92. The van der Waals surface area contributed by atoms with Gasteiger partial charge >= 0.3 is 6.09 Å². The third kappa shape index (κ3) is 6.33. The van der Waals surface area contributed by atoms with Crippen LogP contribution in [0.4, 0.5) is 9.18 Å².